The van der Waals surface area contributed by atoms with Gasteiger partial charge in [0.15, 0.2) is 18.1 Å². The number of anilines is 1. The van der Waals surface area contributed by atoms with Gasteiger partial charge in [-0.25, -0.2) is 15.1 Å². The number of nitrogens with two attached hydrogens (primary N) is 2. The molecule has 0 unspecified atom stereocenters. The molecule has 1 amide bonds. The fraction of sp³-hybridized carbons (Fsp3) is 0.438. The molecule has 28 heavy (non-hydrogen) atoms. The van der Waals surface area contributed by atoms with Crippen molar-refractivity contribution in [3.8, 4) is 11.5 Å². The summed E-state index contributed by atoms with van der Waals surface area (Å²) in [6, 6.07) is 3.38. The Hall–Kier alpha value is -2.70. The van der Waals surface area contributed by atoms with Gasteiger partial charge >= 0.3 is 0 Å². The van der Waals surface area contributed by atoms with Crippen molar-refractivity contribution in [3.63, 3.8) is 0 Å². The lowest BCUT2D eigenvalue weighted by atomic mass is 10.2. The minimum atomic E-state index is -3.73. The largest absolute Gasteiger partial charge is 0.493 e. The van der Waals surface area contributed by atoms with Gasteiger partial charge in [0, 0.05) is 37.6 Å². The van der Waals surface area contributed by atoms with Gasteiger partial charge in [-0.05, 0) is 12.5 Å². The second-order valence-corrected chi connectivity index (χ2v) is 7.80. The molecular weight excluding hydrogens is 388 g/mol. The number of primary amides is 1. The fourth-order valence-corrected chi connectivity index (χ4v) is 3.80. The van der Waals surface area contributed by atoms with Crippen molar-refractivity contribution in [2.24, 2.45) is 10.9 Å². The van der Waals surface area contributed by atoms with E-state index in [1.165, 1.54) is 17.7 Å². The molecule has 12 heteroatoms. The predicted octanol–water partition coefficient (Wildman–Crippen LogP) is -0.782. The Labute approximate surface area is 162 Å². The lowest BCUT2D eigenvalue weighted by Gasteiger charge is -2.23. The summed E-state index contributed by atoms with van der Waals surface area (Å²) < 4.78 is 35.3. The zero-order chi connectivity index (χ0) is 20.3. The zero-order valence-electron chi connectivity index (χ0n) is 15.4. The summed E-state index contributed by atoms with van der Waals surface area (Å²) in [5, 5.41) is 5.97. The summed E-state index contributed by atoms with van der Waals surface area (Å²) in [6.45, 7) is 1.38. The van der Waals surface area contributed by atoms with Gasteiger partial charge in [-0.2, -0.15) is 12.7 Å². The van der Waals surface area contributed by atoms with E-state index in [0.717, 1.165) is 5.39 Å². The van der Waals surface area contributed by atoms with Gasteiger partial charge in [0.1, 0.15) is 12.1 Å². The van der Waals surface area contributed by atoms with E-state index >= 15 is 0 Å². The SMILES string of the molecule is COc1cc2c(N3CCCN(S(N)(=O)=O)CC3)ncnc2cc1OCC(N)=O. The summed E-state index contributed by atoms with van der Waals surface area (Å²) in [7, 11) is -2.24. The number of hydrogen-bond acceptors (Lipinski definition) is 8. The quantitative estimate of drug-likeness (QED) is 0.628. The first-order valence-electron chi connectivity index (χ1n) is 8.56. The second kappa shape index (κ2) is 8.12. The highest BCUT2D eigenvalue weighted by Crippen LogP contribution is 2.35. The molecule has 1 aliphatic rings. The van der Waals surface area contributed by atoms with Crippen LogP contribution in [0.1, 0.15) is 6.42 Å². The number of carbonyl (C=O) groups is 1. The number of hydrogen-bond donors (Lipinski definition) is 2. The number of rotatable bonds is 6. The lowest BCUT2D eigenvalue weighted by molar-refractivity contribution is -0.119. The van der Waals surface area contributed by atoms with Gasteiger partial charge in [0.05, 0.1) is 12.6 Å². The molecule has 1 saturated heterocycles. The number of nitrogens with zero attached hydrogens (tertiary/aromatic N) is 4. The molecule has 2 aromatic rings. The van der Waals surface area contributed by atoms with Crippen molar-refractivity contribution in [3.05, 3.63) is 18.5 Å². The van der Waals surface area contributed by atoms with Crippen molar-refractivity contribution in [2.75, 3.05) is 44.8 Å². The molecule has 0 spiro atoms. The van der Waals surface area contributed by atoms with Crippen LogP contribution < -0.4 is 25.2 Å². The van der Waals surface area contributed by atoms with Crippen LogP contribution in [-0.4, -0.2) is 68.5 Å². The normalized spacial score (nSPS) is 16.0. The van der Waals surface area contributed by atoms with E-state index < -0.39 is 16.1 Å². The number of amides is 1. The van der Waals surface area contributed by atoms with Crippen LogP contribution >= 0.6 is 0 Å². The van der Waals surface area contributed by atoms with E-state index in [1.807, 2.05) is 4.90 Å². The van der Waals surface area contributed by atoms with Gasteiger partial charge in [-0.3, -0.25) is 4.79 Å². The molecule has 2 heterocycles. The highest BCUT2D eigenvalue weighted by molar-refractivity contribution is 7.86. The lowest BCUT2D eigenvalue weighted by Crippen LogP contribution is -2.39. The maximum absolute atomic E-state index is 11.6. The second-order valence-electron chi connectivity index (χ2n) is 6.26. The zero-order valence-corrected chi connectivity index (χ0v) is 16.2. The topological polar surface area (TPSA) is 154 Å². The smallest absolute Gasteiger partial charge is 0.276 e. The summed E-state index contributed by atoms with van der Waals surface area (Å²) in [6.07, 6.45) is 2.03. The van der Waals surface area contributed by atoms with E-state index in [9.17, 15) is 13.2 Å². The van der Waals surface area contributed by atoms with E-state index in [-0.39, 0.29) is 13.2 Å². The van der Waals surface area contributed by atoms with Gasteiger partial charge in [-0.1, -0.05) is 0 Å². The fourth-order valence-electron chi connectivity index (χ4n) is 3.08. The van der Waals surface area contributed by atoms with Gasteiger partial charge < -0.3 is 20.1 Å². The molecular formula is C16H22N6O5S. The highest BCUT2D eigenvalue weighted by Gasteiger charge is 2.24. The number of benzene rings is 1. The number of carbonyl (C=O) groups excluding carboxylic acids is 1. The average Bonchev–Trinajstić information content (AvgIpc) is 2.91. The number of fused-ring (bicyclic) bond motifs is 1. The summed E-state index contributed by atoms with van der Waals surface area (Å²) in [5.41, 5.74) is 5.73. The number of methoxy groups -OCH3 is 1. The first-order chi connectivity index (χ1) is 13.3. The molecule has 152 valence electrons. The van der Waals surface area contributed by atoms with Crippen LogP contribution in [0.2, 0.25) is 0 Å². The minimum Gasteiger partial charge on any atom is -0.493 e. The van der Waals surface area contributed by atoms with E-state index in [0.29, 0.717) is 48.9 Å². The Morgan fingerprint density at radius 3 is 2.64 bits per heavy atom. The molecule has 1 aromatic carbocycles. The summed E-state index contributed by atoms with van der Waals surface area (Å²) >= 11 is 0. The molecule has 4 N–H and O–H groups in total. The van der Waals surface area contributed by atoms with Crippen LogP contribution in [0, 0.1) is 0 Å². The van der Waals surface area contributed by atoms with Crippen molar-refractivity contribution < 1.29 is 22.7 Å². The van der Waals surface area contributed by atoms with E-state index in [4.69, 9.17) is 20.3 Å². The molecule has 0 aliphatic carbocycles. The van der Waals surface area contributed by atoms with Gasteiger partial charge in [0.25, 0.3) is 16.1 Å². The maximum Gasteiger partial charge on any atom is 0.276 e. The van der Waals surface area contributed by atoms with Crippen LogP contribution in [0.4, 0.5) is 5.82 Å². The van der Waals surface area contributed by atoms with Crippen LogP contribution in [0.5, 0.6) is 11.5 Å². The van der Waals surface area contributed by atoms with Crippen LogP contribution in [0.3, 0.4) is 0 Å². The van der Waals surface area contributed by atoms with Crippen molar-refractivity contribution in [1.82, 2.24) is 14.3 Å². The molecule has 0 radical (unpaired) electrons. The molecule has 1 aromatic heterocycles. The third kappa shape index (κ3) is 4.40. The van der Waals surface area contributed by atoms with Gasteiger partial charge in [-0.15, -0.1) is 0 Å². The standard InChI is InChI=1S/C16H22N6O5S/c1-26-13-7-11-12(8-14(13)27-9-15(17)23)19-10-20-16(11)21-3-2-4-22(6-5-21)28(18,24)25/h7-8,10H,2-6,9H2,1H3,(H2,17,23)(H2,18,24,25). The third-order valence-electron chi connectivity index (χ3n) is 4.38. The molecule has 3 rings (SSSR count). The van der Waals surface area contributed by atoms with Crippen molar-refractivity contribution in [1.29, 1.82) is 0 Å². The Morgan fingerprint density at radius 1 is 1.18 bits per heavy atom. The van der Waals surface area contributed by atoms with Crippen LogP contribution in [-0.2, 0) is 15.0 Å². The molecule has 1 fully saturated rings. The Bertz CT molecular complexity index is 983. The Kier molecular flexibility index (Phi) is 5.82. The van der Waals surface area contributed by atoms with Crippen molar-refractivity contribution in [2.45, 2.75) is 6.42 Å². The molecule has 0 atom stereocenters. The predicted molar refractivity (Wildman–Crippen MR) is 102 cm³/mol. The summed E-state index contributed by atoms with van der Waals surface area (Å²) in [4.78, 5) is 21.6. The number of aromatic nitrogens is 2. The van der Waals surface area contributed by atoms with Gasteiger partial charge in [0.2, 0.25) is 0 Å². The first kappa shape index (κ1) is 20.0. The summed E-state index contributed by atoms with van der Waals surface area (Å²) in [5.74, 6) is 0.802. The molecule has 0 bridgehead atoms. The molecule has 1 aliphatic heterocycles. The monoisotopic (exact) mass is 410 g/mol. The average molecular weight is 410 g/mol. The van der Waals surface area contributed by atoms with E-state index in [1.54, 1.807) is 12.1 Å². The highest BCUT2D eigenvalue weighted by atomic mass is 32.2. The first-order valence-corrected chi connectivity index (χ1v) is 10.1. The maximum atomic E-state index is 11.6. The minimum absolute atomic E-state index is 0.265. The Balaban J connectivity index is 1.94. The molecule has 0 saturated carbocycles. The van der Waals surface area contributed by atoms with Crippen LogP contribution in [0.25, 0.3) is 10.9 Å². The third-order valence-corrected chi connectivity index (χ3v) is 5.47. The van der Waals surface area contributed by atoms with E-state index in [2.05, 4.69) is 9.97 Å². The van der Waals surface area contributed by atoms with Crippen LogP contribution in [0.15, 0.2) is 18.5 Å². The van der Waals surface area contributed by atoms with Crippen molar-refractivity contribution >= 4 is 32.8 Å². The number of ether oxygens (including phenoxy) is 2. The molecule has 11 nitrogen and oxygen atoms in total. The Morgan fingerprint density at radius 2 is 1.96 bits per heavy atom.